The Kier molecular flexibility index (Phi) is 10.7. The van der Waals surface area contributed by atoms with E-state index in [1.165, 1.54) is 0 Å². The molecule has 1 aromatic carbocycles. The highest BCUT2D eigenvalue weighted by atomic mass is 127. The molecule has 0 aliphatic carbocycles. The van der Waals surface area contributed by atoms with Crippen LogP contribution < -0.4 is 10.6 Å². The maximum atomic E-state index is 12.1. The molecule has 7 nitrogen and oxygen atoms in total. The van der Waals surface area contributed by atoms with Gasteiger partial charge in [-0.3, -0.25) is 9.79 Å². The standard InChI is InChI=1S/C21H32N4O3.HI/c1-2-22-21(25-13-15-28-19(16-25)18-10-6-14-27-18)24-12-7-11-23-20(26)17-8-4-3-5-9-17;/h3-5,8-9,18-19H,2,6-7,10-16H2,1H3,(H,22,24)(H,23,26);1H. The Morgan fingerprint density at radius 3 is 2.69 bits per heavy atom. The molecule has 0 radical (unpaired) electrons. The number of halogens is 1. The van der Waals surface area contributed by atoms with Crippen LogP contribution in [0.2, 0.25) is 0 Å². The highest BCUT2D eigenvalue weighted by Crippen LogP contribution is 2.21. The number of benzene rings is 1. The van der Waals surface area contributed by atoms with Crippen molar-refractivity contribution in [3.63, 3.8) is 0 Å². The number of morpholine rings is 1. The number of guanidine groups is 1. The SMILES string of the molecule is CCNC(=NCCCNC(=O)c1ccccc1)N1CCOC(C2CCCO2)C1.I. The lowest BCUT2D eigenvalue weighted by Crippen LogP contribution is -2.53. The van der Waals surface area contributed by atoms with E-state index >= 15 is 0 Å². The van der Waals surface area contributed by atoms with Crippen molar-refractivity contribution >= 4 is 35.8 Å². The van der Waals surface area contributed by atoms with Gasteiger partial charge in [-0.1, -0.05) is 18.2 Å². The van der Waals surface area contributed by atoms with E-state index in [2.05, 4.69) is 22.5 Å². The molecule has 0 bridgehead atoms. The van der Waals surface area contributed by atoms with Crippen molar-refractivity contribution in [1.29, 1.82) is 0 Å². The van der Waals surface area contributed by atoms with Gasteiger partial charge < -0.3 is 25.0 Å². The lowest BCUT2D eigenvalue weighted by atomic mass is 10.1. The van der Waals surface area contributed by atoms with Gasteiger partial charge in [-0.2, -0.15) is 0 Å². The molecule has 2 heterocycles. The van der Waals surface area contributed by atoms with Crippen LogP contribution in [0.15, 0.2) is 35.3 Å². The van der Waals surface area contributed by atoms with Crippen LogP contribution in [-0.2, 0) is 9.47 Å². The molecule has 2 aliphatic rings. The molecule has 1 amide bonds. The number of rotatable bonds is 7. The number of aliphatic imine (C=N–C) groups is 1. The van der Waals surface area contributed by atoms with Gasteiger partial charge in [0.2, 0.25) is 0 Å². The second-order valence-electron chi connectivity index (χ2n) is 7.12. The maximum absolute atomic E-state index is 12.1. The molecule has 8 heteroatoms. The summed E-state index contributed by atoms with van der Waals surface area (Å²) >= 11 is 0. The fraction of sp³-hybridized carbons (Fsp3) is 0.619. The molecule has 3 rings (SSSR count). The maximum Gasteiger partial charge on any atom is 0.251 e. The Hall–Kier alpha value is -1.39. The number of carbonyl (C=O) groups is 1. The van der Waals surface area contributed by atoms with Gasteiger partial charge in [-0.05, 0) is 38.3 Å². The zero-order chi connectivity index (χ0) is 19.6. The number of hydrogen-bond acceptors (Lipinski definition) is 4. The molecule has 0 saturated carbocycles. The summed E-state index contributed by atoms with van der Waals surface area (Å²) in [6, 6.07) is 9.28. The van der Waals surface area contributed by atoms with Crippen LogP contribution in [0, 0.1) is 0 Å². The van der Waals surface area contributed by atoms with Crippen molar-refractivity contribution in [1.82, 2.24) is 15.5 Å². The lowest BCUT2D eigenvalue weighted by molar-refractivity contribution is -0.0817. The Morgan fingerprint density at radius 2 is 1.97 bits per heavy atom. The van der Waals surface area contributed by atoms with Crippen LogP contribution in [0.5, 0.6) is 0 Å². The number of nitrogens with zero attached hydrogens (tertiary/aromatic N) is 2. The van der Waals surface area contributed by atoms with Crippen LogP contribution in [0.25, 0.3) is 0 Å². The van der Waals surface area contributed by atoms with Crippen molar-refractivity contribution in [3.8, 4) is 0 Å². The minimum absolute atomic E-state index is 0. The molecule has 2 fully saturated rings. The first kappa shape index (κ1) is 23.9. The van der Waals surface area contributed by atoms with E-state index in [0.717, 1.165) is 51.5 Å². The molecule has 0 spiro atoms. The monoisotopic (exact) mass is 516 g/mol. The van der Waals surface area contributed by atoms with Crippen LogP contribution in [0.3, 0.4) is 0 Å². The molecule has 1 aromatic rings. The first-order chi connectivity index (χ1) is 13.8. The summed E-state index contributed by atoms with van der Waals surface area (Å²) in [5.41, 5.74) is 0.688. The minimum Gasteiger partial charge on any atom is -0.375 e. The zero-order valence-electron chi connectivity index (χ0n) is 17.1. The van der Waals surface area contributed by atoms with Gasteiger partial charge in [-0.25, -0.2) is 0 Å². The van der Waals surface area contributed by atoms with E-state index in [-0.39, 0.29) is 42.1 Å². The predicted molar refractivity (Wildman–Crippen MR) is 125 cm³/mol. The summed E-state index contributed by atoms with van der Waals surface area (Å²) in [5, 5.41) is 6.33. The Balaban J connectivity index is 0.00000300. The van der Waals surface area contributed by atoms with Crippen molar-refractivity contribution in [3.05, 3.63) is 35.9 Å². The molecule has 2 aliphatic heterocycles. The van der Waals surface area contributed by atoms with E-state index in [4.69, 9.17) is 14.5 Å². The average molecular weight is 516 g/mol. The van der Waals surface area contributed by atoms with Gasteiger partial charge in [-0.15, -0.1) is 24.0 Å². The third-order valence-electron chi connectivity index (χ3n) is 5.03. The van der Waals surface area contributed by atoms with E-state index in [1.807, 2.05) is 30.3 Å². The highest BCUT2D eigenvalue weighted by Gasteiger charge is 2.32. The van der Waals surface area contributed by atoms with Gasteiger partial charge in [0.1, 0.15) is 6.10 Å². The van der Waals surface area contributed by atoms with Crippen molar-refractivity contribution < 1.29 is 14.3 Å². The number of hydrogen-bond donors (Lipinski definition) is 2. The van der Waals surface area contributed by atoms with Gasteiger partial charge in [0.25, 0.3) is 5.91 Å². The molecular formula is C21H33IN4O3. The smallest absolute Gasteiger partial charge is 0.251 e. The summed E-state index contributed by atoms with van der Waals surface area (Å²) < 4.78 is 11.7. The number of carbonyl (C=O) groups excluding carboxylic acids is 1. The molecule has 0 aromatic heterocycles. The third-order valence-corrected chi connectivity index (χ3v) is 5.03. The largest absolute Gasteiger partial charge is 0.375 e. The first-order valence-corrected chi connectivity index (χ1v) is 10.4. The summed E-state index contributed by atoms with van der Waals surface area (Å²) in [7, 11) is 0. The number of nitrogens with one attached hydrogen (secondary N) is 2. The van der Waals surface area contributed by atoms with E-state index < -0.39 is 0 Å². The summed E-state index contributed by atoms with van der Waals surface area (Å²) in [6.07, 6.45) is 3.32. The molecule has 29 heavy (non-hydrogen) atoms. The molecule has 162 valence electrons. The van der Waals surface area contributed by atoms with E-state index in [9.17, 15) is 4.79 Å². The summed E-state index contributed by atoms with van der Waals surface area (Å²) in [6.45, 7) is 7.35. The molecule has 2 N–H and O–H groups in total. The van der Waals surface area contributed by atoms with Crippen molar-refractivity contribution in [2.24, 2.45) is 4.99 Å². The Labute approximate surface area is 190 Å². The quantitative estimate of drug-likeness (QED) is 0.252. The van der Waals surface area contributed by atoms with Crippen LogP contribution in [0.4, 0.5) is 0 Å². The molecule has 2 unspecified atom stereocenters. The van der Waals surface area contributed by atoms with Crippen molar-refractivity contribution in [2.45, 2.75) is 38.4 Å². The first-order valence-electron chi connectivity index (χ1n) is 10.4. The normalized spacial score (nSPS) is 22.1. The third kappa shape index (κ3) is 7.42. The van der Waals surface area contributed by atoms with Gasteiger partial charge >= 0.3 is 0 Å². The van der Waals surface area contributed by atoms with Crippen LogP contribution >= 0.6 is 24.0 Å². The predicted octanol–water partition coefficient (Wildman–Crippen LogP) is 2.27. The zero-order valence-corrected chi connectivity index (χ0v) is 19.5. The summed E-state index contributed by atoms with van der Waals surface area (Å²) in [4.78, 5) is 19.1. The topological polar surface area (TPSA) is 75.2 Å². The van der Waals surface area contributed by atoms with Crippen LogP contribution in [-0.4, -0.2) is 74.9 Å². The van der Waals surface area contributed by atoms with Crippen molar-refractivity contribution in [2.75, 3.05) is 45.9 Å². The van der Waals surface area contributed by atoms with Crippen LogP contribution in [0.1, 0.15) is 36.5 Å². The minimum atomic E-state index is -0.0379. The fourth-order valence-corrected chi connectivity index (χ4v) is 3.57. The lowest BCUT2D eigenvalue weighted by Gasteiger charge is -2.37. The Bertz CT molecular complexity index is 638. The van der Waals surface area contributed by atoms with Gasteiger partial charge in [0, 0.05) is 44.9 Å². The second kappa shape index (κ2) is 13.0. The van der Waals surface area contributed by atoms with Gasteiger partial charge in [0.15, 0.2) is 5.96 Å². The molecule has 2 atom stereocenters. The van der Waals surface area contributed by atoms with E-state index in [1.54, 1.807) is 0 Å². The fourth-order valence-electron chi connectivity index (χ4n) is 3.57. The second-order valence-corrected chi connectivity index (χ2v) is 7.12. The average Bonchev–Trinajstić information content (AvgIpc) is 3.28. The van der Waals surface area contributed by atoms with E-state index in [0.29, 0.717) is 25.3 Å². The number of ether oxygens (including phenoxy) is 2. The number of amides is 1. The van der Waals surface area contributed by atoms with Gasteiger partial charge in [0.05, 0.1) is 12.7 Å². The molecule has 2 saturated heterocycles. The Morgan fingerprint density at radius 1 is 1.17 bits per heavy atom. The highest BCUT2D eigenvalue weighted by molar-refractivity contribution is 14.0. The molecular weight excluding hydrogens is 483 g/mol. The summed E-state index contributed by atoms with van der Waals surface area (Å²) in [5.74, 6) is 0.882.